The highest BCUT2D eigenvalue weighted by Gasteiger charge is 2.47. The molecular weight excluding hydrogens is 388 g/mol. The van der Waals surface area contributed by atoms with E-state index in [0.29, 0.717) is 11.3 Å². The second-order valence-corrected chi connectivity index (χ2v) is 7.71. The van der Waals surface area contributed by atoms with Gasteiger partial charge in [0.1, 0.15) is 4.90 Å². The van der Waals surface area contributed by atoms with Crippen molar-refractivity contribution in [2.24, 2.45) is 0 Å². The van der Waals surface area contributed by atoms with Gasteiger partial charge in [-0.3, -0.25) is 14.3 Å². The Morgan fingerprint density at radius 2 is 1.75 bits per heavy atom. The minimum atomic E-state index is -4.09. The maximum absolute atomic E-state index is 13.5. The van der Waals surface area contributed by atoms with Gasteiger partial charge in [0.25, 0.3) is 10.0 Å². The van der Waals surface area contributed by atoms with Gasteiger partial charge in [-0.1, -0.05) is 18.2 Å². The molecule has 2 aromatic rings. The van der Waals surface area contributed by atoms with Crippen molar-refractivity contribution in [3.63, 3.8) is 0 Å². The zero-order valence-corrected chi connectivity index (χ0v) is 16.3. The van der Waals surface area contributed by atoms with Crippen molar-refractivity contribution in [2.45, 2.75) is 17.4 Å². The number of sulfonamides is 1. The molecule has 0 aromatic heterocycles. The molecule has 0 spiro atoms. The number of fused-ring (bicyclic) bond motifs is 1. The van der Waals surface area contributed by atoms with Gasteiger partial charge in [0, 0.05) is 5.56 Å². The second-order valence-electron chi connectivity index (χ2n) is 5.95. The highest BCUT2D eigenvalue weighted by atomic mass is 32.2. The molecule has 0 saturated heterocycles. The van der Waals surface area contributed by atoms with Crippen LogP contribution >= 0.6 is 0 Å². The molecule has 1 atom stereocenters. The predicted octanol–water partition coefficient (Wildman–Crippen LogP) is 1.86. The van der Waals surface area contributed by atoms with E-state index in [-0.39, 0.29) is 28.6 Å². The average molecular weight is 408 g/mol. The Morgan fingerprint density at radius 3 is 2.29 bits per heavy atom. The Morgan fingerprint density at radius 1 is 1.11 bits per heavy atom. The third kappa shape index (κ3) is 3.00. The number of amides is 1. The fourth-order valence-electron chi connectivity index (χ4n) is 3.36. The van der Waals surface area contributed by atoms with Crippen LogP contribution in [0.15, 0.2) is 41.3 Å². The van der Waals surface area contributed by atoms with Crippen LogP contribution in [0.3, 0.4) is 0 Å². The van der Waals surface area contributed by atoms with Crippen molar-refractivity contribution in [2.75, 3.05) is 25.6 Å². The molecule has 0 saturated carbocycles. The zero-order chi connectivity index (χ0) is 20.5. The summed E-state index contributed by atoms with van der Waals surface area (Å²) in [6.45, 7) is 0. The number of benzene rings is 2. The van der Waals surface area contributed by atoms with Crippen LogP contribution in [0.5, 0.6) is 17.2 Å². The second kappa shape index (κ2) is 7.56. The lowest BCUT2D eigenvalue weighted by atomic mass is 10.0. The lowest BCUT2D eigenvalue weighted by molar-refractivity contribution is -0.129. The van der Waals surface area contributed by atoms with Gasteiger partial charge in [-0.25, -0.2) is 13.9 Å². The first-order valence-corrected chi connectivity index (χ1v) is 9.70. The highest BCUT2D eigenvalue weighted by Crippen LogP contribution is 2.53. The minimum absolute atomic E-state index is 0.00955. The number of nitrogens with zero attached hydrogens (tertiary/aromatic N) is 1. The van der Waals surface area contributed by atoms with E-state index < -0.39 is 22.0 Å². The summed E-state index contributed by atoms with van der Waals surface area (Å²) in [5.41, 5.74) is 2.23. The molecule has 1 heterocycles. The molecule has 2 N–H and O–H groups in total. The summed E-state index contributed by atoms with van der Waals surface area (Å²) in [5.74, 6) is -0.349. The Balaban J connectivity index is 2.33. The van der Waals surface area contributed by atoms with Crippen molar-refractivity contribution < 1.29 is 32.6 Å². The van der Waals surface area contributed by atoms with E-state index >= 15 is 0 Å². The number of rotatable bonds is 6. The normalized spacial score (nSPS) is 17.0. The first-order chi connectivity index (χ1) is 13.4. The number of anilines is 1. The maximum Gasteiger partial charge on any atom is 0.269 e. The number of hydroxylamine groups is 1. The number of hydrogen-bond acceptors (Lipinski definition) is 7. The van der Waals surface area contributed by atoms with E-state index in [0.717, 1.165) is 4.31 Å². The molecule has 1 aliphatic heterocycles. The Bertz CT molecular complexity index is 993. The molecule has 1 unspecified atom stereocenters. The summed E-state index contributed by atoms with van der Waals surface area (Å²) in [5, 5.41) is 8.98. The summed E-state index contributed by atoms with van der Waals surface area (Å²) in [6.07, 6.45) is -0.309. The van der Waals surface area contributed by atoms with Crippen LogP contribution in [0.2, 0.25) is 0 Å². The molecule has 0 aliphatic carbocycles. The Kier molecular flexibility index (Phi) is 5.34. The predicted molar refractivity (Wildman–Crippen MR) is 99.5 cm³/mol. The summed E-state index contributed by atoms with van der Waals surface area (Å²) < 4.78 is 44.1. The van der Waals surface area contributed by atoms with E-state index in [1.54, 1.807) is 35.8 Å². The van der Waals surface area contributed by atoms with Crippen molar-refractivity contribution in [3.05, 3.63) is 42.0 Å². The van der Waals surface area contributed by atoms with Crippen molar-refractivity contribution in [3.8, 4) is 17.2 Å². The van der Waals surface area contributed by atoms with Crippen LogP contribution in [0, 0.1) is 0 Å². The van der Waals surface area contributed by atoms with E-state index in [9.17, 15) is 13.2 Å². The largest absolute Gasteiger partial charge is 0.493 e. The van der Waals surface area contributed by atoms with Crippen LogP contribution in [-0.4, -0.2) is 40.9 Å². The van der Waals surface area contributed by atoms with E-state index in [1.807, 2.05) is 0 Å². The van der Waals surface area contributed by atoms with E-state index in [2.05, 4.69) is 0 Å². The fraction of sp³-hybridized carbons (Fsp3) is 0.278. The third-order valence-corrected chi connectivity index (χ3v) is 6.41. The van der Waals surface area contributed by atoms with Crippen LogP contribution in [0.4, 0.5) is 5.69 Å². The molecule has 3 rings (SSSR count). The SMILES string of the molecule is COc1cc2c(c(OC)c1OC)S(=O)(=O)N(c1ccccc1)C2CC(=O)NO. The van der Waals surface area contributed by atoms with Gasteiger partial charge in [0.2, 0.25) is 11.7 Å². The van der Waals surface area contributed by atoms with Crippen LogP contribution in [0.1, 0.15) is 18.0 Å². The number of ether oxygens (including phenoxy) is 3. The van der Waals surface area contributed by atoms with Gasteiger partial charge in [0.15, 0.2) is 11.5 Å². The first-order valence-electron chi connectivity index (χ1n) is 8.26. The average Bonchev–Trinajstić information content (AvgIpc) is 2.93. The lowest BCUT2D eigenvalue weighted by Gasteiger charge is -2.25. The Hall–Kier alpha value is -2.98. The van der Waals surface area contributed by atoms with Gasteiger partial charge >= 0.3 is 0 Å². The lowest BCUT2D eigenvalue weighted by Crippen LogP contribution is -2.32. The summed E-state index contributed by atoms with van der Waals surface area (Å²) >= 11 is 0. The van der Waals surface area contributed by atoms with Crippen molar-refractivity contribution >= 4 is 21.6 Å². The Labute approximate surface area is 162 Å². The topological polar surface area (TPSA) is 114 Å². The van der Waals surface area contributed by atoms with Crippen LogP contribution < -0.4 is 24.0 Å². The maximum atomic E-state index is 13.5. The minimum Gasteiger partial charge on any atom is -0.493 e. The molecule has 0 radical (unpaired) electrons. The molecule has 9 nitrogen and oxygen atoms in total. The monoisotopic (exact) mass is 408 g/mol. The molecule has 0 bridgehead atoms. The van der Waals surface area contributed by atoms with Crippen LogP contribution in [0.25, 0.3) is 0 Å². The third-order valence-electron chi connectivity index (χ3n) is 4.49. The number of para-hydroxylation sites is 1. The van der Waals surface area contributed by atoms with Crippen LogP contribution in [-0.2, 0) is 14.8 Å². The fourth-order valence-corrected chi connectivity index (χ4v) is 5.38. The molecule has 2 aromatic carbocycles. The van der Waals surface area contributed by atoms with Crippen molar-refractivity contribution in [1.82, 2.24) is 5.48 Å². The number of methoxy groups -OCH3 is 3. The quantitative estimate of drug-likeness (QED) is 0.554. The smallest absolute Gasteiger partial charge is 0.269 e. The molecule has 1 aliphatic rings. The molecular formula is C18H20N2O7S. The number of nitrogens with one attached hydrogen (secondary N) is 1. The number of carbonyl (C=O) groups excluding carboxylic acids is 1. The number of hydrogen-bond donors (Lipinski definition) is 2. The molecule has 28 heavy (non-hydrogen) atoms. The molecule has 150 valence electrons. The molecule has 10 heteroatoms. The first kappa shape index (κ1) is 19.8. The van der Waals surface area contributed by atoms with Gasteiger partial charge in [-0.2, -0.15) is 0 Å². The van der Waals surface area contributed by atoms with E-state index in [4.69, 9.17) is 19.4 Å². The van der Waals surface area contributed by atoms with Gasteiger partial charge in [0.05, 0.1) is 39.5 Å². The molecule has 1 amide bonds. The summed E-state index contributed by atoms with van der Waals surface area (Å²) in [4.78, 5) is 11.8. The highest BCUT2D eigenvalue weighted by molar-refractivity contribution is 7.93. The zero-order valence-electron chi connectivity index (χ0n) is 15.5. The van der Waals surface area contributed by atoms with Gasteiger partial charge in [-0.15, -0.1) is 0 Å². The van der Waals surface area contributed by atoms with Gasteiger partial charge in [-0.05, 0) is 18.2 Å². The van der Waals surface area contributed by atoms with Crippen molar-refractivity contribution in [1.29, 1.82) is 0 Å². The standard InChI is InChI=1S/C18H20N2O7S/c1-25-14-9-12-13(10-15(21)19-22)20(11-7-5-4-6-8-11)28(23,24)18(12)17(27-3)16(14)26-2/h4-9,13,22H,10H2,1-3H3,(H,19,21). The summed E-state index contributed by atoms with van der Waals surface area (Å²) in [7, 11) is 0.0247. The summed E-state index contributed by atoms with van der Waals surface area (Å²) in [6, 6.07) is 8.96. The van der Waals surface area contributed by atoms with Gasteiger partial charge < -0.3 is 14.2 Å². The van der Waals surface area contributed by atoms with E-state index in [1.165, 1.54) is 27.4 Å². The molecule has 0 fully saturated rings. The number of carbonyl (C=O) groups is 1.